The Morgan fingerprint density at radius 3 is 3.26 bits per heavy atom. The van der Waals surface area contributed by atoms with Crippen LogP contribution < -0.4 is 5.32 Å². The second kappa shape index (κ2) is 6.18. The largest absolute Gasteiger partial charge is 0.396 e. The fourth-order valence-corrected chi connectivity index (χ4v) is 2.48. The van der Waals surface area contributed by atoms with Crippen LogP contribution in [0.3, 0.4) is 0 Å². The van der Waals surface area contributed by atoms with Gasteiger partial charge >= 0.3 is 0 Å². The third kappa shape index (κ3) is 3.34. The standard InChI is InChI=1S/C12H14ClN3O2S/c1-8(7-17)6-14-10(18)3-2-9-11(13)15-12-16(9)4-5-19-12/h2-5,8,17H,6-7H2,1H3,(H,14,18). The fourth-order valence-electron chi connectivity index (χ4n) is 1.48. The molecule has 0 aliphatic carbocycles. The van der Waals surface area contributed by atoms with Gasteiger partial charge in [0.15, 0.2) is 10.1 Å². The van der Waals surface area contributed by atoms with Crippen LogP contribution in [0.1, 0.15) is 12.6 Å². The molecule has 1 unspecified atom stereocenters. The van der Waals surface area contributed by atoms with Gasteiger partial charge in [-0.2, -0.15) is 0 Å². The van der Waals surface area contributed by atoms with Crippen molar-refractivity contribution in [1.29, 1.82) is 0 Å². The number of aliphatic hydroxyl groups is 1. The van der Waals surface area contributed by atoms with Crippen LogP contribution >= 0.6 is 22.9 Å². The number of nitrogens with zero attached hydrogens (tertiary/aromatic N) is 2. The third-order valence-electron chi connectivity index (χ3n) is 2.58. The quantitative estimate of drug-likeness (QED) is 0.828. The molecule has 19 heavy (non-hydrogen) atoms. The predicted molar refractivity (Wildman–Crippen MR) is 76.4 cm³/mol. The smallest absolute Gasteiger partial charge is 0.244 e. The number of thiazole rings is 1. The maximum Gasteiger partial charge on any atom is 0.244 e. The second-order valence-electron chi connectivity index (χ2n) is 4.21. The fraction of sp³-hybridized carbons (Fsp3) is 0.333. The van der Waals surface area contributed by atoms with Crippen LogP contribution in [-0.4, -0.2) is 33.6 Å². The number of imidazole rings is 1. The molecule has 0 radical (unpaired) electrons. The van der Waals surface area contributed by atoms with Crippen molar-refractivity contribution in [2.45, 2.75) is 6.92 Å². The van der Waals surface area contributed by atoms with Gasteiger partial charge in [-0.25, -0.2) is 4.98 Å². The first-order valence-corrected chi connectivity index (χ1v) is 7.05. The summed E-state index contributed by atoms with van der Waals surface area (Å²) in [5.74, 6) is -0.180. The monoisotopic (exact) mass is 299 g/mol. The molecule has 0 saturated carbocycles. The molecule has 2 N–H and O–H groups in total. The number of rotatable bonds is 5. The first kappa shape index (κ1) is 14.0. The summed E-state index contributed by atoms with van der Waals surface area (Å²) in [6.45, 7) is 2.34. The molecule has 2 aromatic rings. The summed E-state index contributed by atoms with van der Waals surface area (Å²) >= 11 is 7.48. The van der Waals surface area contributed by atoms with Gasteiger partial charge in [0, 0.05) is 30.8 Å². The molecule has 0 aliphatic heterocycles. The van der Waals surface area contributed by atoms with E-state index < -0.39 is 0 Å². The molecular weight excluding hydrogens is 286 g/mol. The summed E-state index contributed by atoms with van der Waals surface area (Å²) in [6.07, 6.45) is 4.90. The van der Waals surface area contributed by atoms with Crippen LogP contribution in [0.15, 0.2) is 17.7 Å². The summed E-state index contributed by atoms with van der Waals surface area (Å²) in [6, 6.07) is 0. The minimum atomic E-state index is -0.221. The van der Waals surface area contributed by atoms with Gasteiger partial charge in [0.1, 0.15) is 0 Å². The van der Waals surface area contributed by atoms with Gasteiger partial charge < -0.3 is 10.4 Å². The molecule has 1 amide bonds. The Bertz CT molecular complexity index is 605. The molecule has 1 atom stereocenters. The van der Waals surface area contributed by atoms with Gasteiger partial charge in [0.05, 0.1) is 5.69 Å². The zero-order valence-electron chi connectivity index (χ0n) is 10.3. The van der Waals surface area contributed by atoms with Crippen molar-refractivity contribution in [2.75, 3.05) is 13.2 Å². The normalized spacial score (nSPS) is 13.2. The molecule has 2 heterocycles. The summed E-state index contributed by atoms with van der Waals surface area (Å²) in [4.78, 5) is 16.6. The van der Waals surface area contributed by atoms with Crippen molar-refractivity contribution in [3.05, 3.63) is 28.5 Å². The van der Waals surface area contributed by atoms with Crippen LogP contribution in [0.5, 0.6) is 0 Å². The Labute approximate surface area is 119 Å². The summed E-state index contributed by atoms with van der Waals surface area (Å²) in [5, 5.41) is 13.8. The van der Waals surface area contributed by atoms with Crippen LogP contribution in [0.25, 0.3) is 11.0 Å². The molecule has 7 heteroatoms. The van der Waals surface area contributed by atoms with E-state index in [9.17, 15) is 4.79 Å². The number of carbonyl (C=O) groups is 1. The average molecular weight is 300 g/mol. The van der Waals surface area contributed by atoms with Crippen LogP contribution in [0, 0.1) is 5.92 Å². The molecule has 0 saturated heterocycles. The van der Waals surface area contributed by atoms with Crippen molar-refractivity contribution >= 4 is 39.9 Å². The van der Waals surface area contributed by atoms with E-state index in [4.69, 9.17) is 16.7 Å². The van der Waals surface area contributed by atoms with E-state index in [2.05, 4.69) is 10.3 Å². The highest BCUT2D eigenvalue weighted by molar-refractivity contribution is 7.15. The van der Waals surface area contributed by atoms with Crippen molar-refractivity contribution in [3.63, 3.8) is 0 Å². The zero-order valence-corrected chi connectivity index (χ0v) is 11.9. The first-order valence-electron chi connectivity index (χ1n) is 5.79. The summed E-state index contributed by atoms with van der Waals surface area (Å²) < 4.78 is 1.83. The molecule has 0 bridgehead atoms. The highest BCUT2D eigenvalue weighted by Gasteiger charge is 2.08. The Morgan fingerprint density at radius 1 is 1.74 bits per heavy atom. The Hall–Kier alpha value is -1.37. The van der Waals surface area contributed by atoms with Gasteiger partial charge in [-0.3, -0.25) is 9.20 Å². The molecule has 0 aliphatic rings. The van der Waals surface area contributed by atoms with Gasteiger partial charge in [-0.15, -0.1) is 11.3 Å². The molecule has 0 aromatic carbocycles. The van der Waals surface area contributed by atoms with Crippen LogP contribution in [0.2, 0.25) is 5.15 Å². The maximum atomic E-state index is 11.6. The van der Waals surface area contributed by atoms with E-state index in [1.807, 2.05) is 22.9 Å². The Kier molecular flexibility index (Phi) is 4.57. The summed E-state index contributed by atoms with van der Waals surface area (Å²) in [7, 11) is 0. The minimum absolute atomic E-state index is 0.0412. The highest BCUT2D eigenvalue weighted by Crippen LogP contribution is 2.22. The number of aliphatic hydroxyl groups excluding tert-OH is 1. The molecular formula is C12H14ClN3O2S. The lowest BCUT2D eigenvalue weighted by Gasteiger charge is -2.07. The minimum Gasteiger partial charge on any atom is -0.396 e. The zero-order chi connectivity index (χ0) is 13.8. The molecule has 0 fully saturated rings. The maximum absolute atomic E-state index is 11.6. The average Bonchev–Trinajstić information content (AvgIpc) is 2.94. The molecule has 2 aromatic heterocycles. The second-order valence-corrected chi connectivity index (χ2v) is 5.44. The number of hydrogen-bond acceptors (Lipinski definition) is 4. The van der Waals surface area contributed by atoms with Crippen LogP contribution in [-0.2, 0) is 4.79 Å². The number of aromatic nitrogens is 2. The van der Waals surface area contributed by atoms with Crippen LogP contribution in [0.4, 0.5) is 0 Å². The van der Waals surface area contributed by atoms with E-state index in [1.54, 1.807) is 6.08 Å². The van der Waals surface area contributed by atoms with E-state index in [1.165, 1.54) is 17.4 Å². The van der Waals surface area contributed by atoms with Crippen molar-refractivity contribution in [3.8, 4) is 0 Å². The number of nitrogens with one attached hydrogen (secondary N) is 1. The Morgan fingerprint density at radius 2 is 2.53 bits per heavy atom. The molecule has 2 rings (SSSR count). The first-order chi connectivity index (χ1) is 9.11. The van der Waals surface area contributed by atoms with Gasteiger partial charge in [0.2, 0.25) is 5.91 Å². The predicted octanol–water partition coefficient (Wildman–Crippen LogP) is 1.81. The van der Waals surface area contributed by atoms with Gasteiger partial charge in [-0.05, 0) is 12.0 Å². The van der Waals surface area contributed by atoms with Gasteiger partial charge in [0.25, 0.3) is 0 Å². The SMILES string of the molecule is CC(CO)CNC(=O)C=Cc1c(Cl)nc2sccn12. The van der Waals surface area contributed by atoms with Crippen molar-refractivity contribution < 1.29 is 9.90 Å². The highest BCUT2D eigenvalue weighted by atomic mass is 35.5. The molecule has 102 valence electrons. The van der Waals surface area contributed by atoms with E-state index in [0.717, 1.165) is 4.96 Å². The number of hydrogen-bond donors (Lipinski definition) is 2. The van der Waals surface area contributed by atoms with E-state index in [0.29, 0.717) is 17.4 Å². The third-order valence-corrected chi connectivity index (χ3v) is 3.62. The number of halogens is 1. The summed E-state index contributed by atoms with van der Waals surface area (Å²) in [5.41, 5.74) is 0.684. The lowest BCUT2D eigenvalue weighted by atomic mass is 10.2. The van der Waals surface area contributed by atoms with Gasteiger partial charge in [-0.1, -0.05) is 18.5 Å². The molecule has 5 nitrogen and oxygen atoms in total. The van der Waals surface area contributed by atoms with Crippen molar-refractivity contribution in [1.82, 2.24) is 14.7 Å². The molecule has 0 spiro atoms. The van der Waals surface area contributed by atoms with E-state index >= 15 is 0 Å². The topological polar surface area (TPSA) is 66.6 Å². The lowest BCUT2D eigenvalue weighted by Crippen LogP contribution is -2.27. The number of fused-ring (bicyclic) bond motifs is 1. The van der Waals surface area contributed by atoms with E-state index in [-0.39, 0.29) is 18.4 Å². The van der Waals surface area contributed by atoms with Crippen molar-refractivity contribution in [2.24, 2.45) is 5.92 Å². The number of carbonyl (C=O) groups excluding carboxylic acids is 1. The Balaban J connectivity index is 2.03. The lowest BCUT2D eigenvalue weighted by molar-refractivity contribution is -0.116. The number of amides is 1.